The lowest BCUT2D eigenvalue weighted by Crippen LogP contribution is -2.13. The lowest BCUT2D eigenvalue weighted by atomic mass is 9.99. The summed E-state index contributed by atoms with van der Waals surface area (Å²) in [6.07, 6.45) is 3.85. The molecule has 4 rings (SSSR count). The van der Waals surface area contributed by atoms with Gasteiger partial charge in [-0.2, -0.15) is 0 Å². The van der Waals surface area contributed by atoms with Crippen LogP contribution in [0.25, 0.3) is 21.6 Å². The first-order valence-electron chi connectivity index (χ1n) is 7.83. The molecule has 122 valence electrons. The summed E-state index contributed by atoms with van der Waals surface area (Å²) in [5.41, 5.74) is 10.6. The van der Waals surface area contributed by atoms with E-state index in [4.69, 9.17) is 17.3 Å². The van der Waals surface area contributed by atoms with E-state index in [-0.39, 0.29) is 12.0 Å². The minimum absolute atomic E-state index is 0.116. The smallest absolute Gasteiger partial charge is 0.0543 e. The normalized spacial score (nSPS) is 15.4. The van der Waals surface area contributed by atoms with Crippen LogP contribution in [-0.2, 0) is 5.41 Å². The number of nitrogens with two attached hydrogens (primary N) is 1. The number of pyridine rings is 1. The van der Waals surface area contributed by atoms with Crippen LogP contribution in [0.5, 0.6) is 0 Å². The quantitative estimate of drug-likeness (QED) is 0.664. The highest BCUT2D eigenvalue weighted by Gasteiger charge is 2.45. The van der Waals surface area contributed by atoms with Gasteiger partial charge in [-0.3, -0.25) is 4.98 Å². The SMILES string of the molecule is Nc1ccc(-c2cc(-c3ccnc(C4(CO)CC4)c3)cs2)c(Cl)c1. The van der Waals surface area contributed by atoms with Gasteiger partial charge in [-0.05, 0) is 59.7 Å². The van der Waals surface area contributed by atoms with Gasteiger partial charge in [-0.25, -0.2) is 0 Å². The number of nitrogens with zero attached hydrogens (tertiary/aromatic N) is 1. The first-order valence-corrected chi connectivity index (χ1v) is 9.09. The van der Waals surface area contributed by atoms with Crippen molar-refractivity contribution in [2.75, 3.05) is 12.3 Å². The summed E-state index contributed by atoms with van der Waals surface area (Å²) in [6, 6.07) is 11.8. The lowest BCUT2D eigenvalue weighted by Gasteiger charge is -2.11. The molecule has 5 heteroatoms. The zero-order chi connectivity index (χ0) is 16.7. The van der Waals surface area contributed by atoms with Gasteiger partial charge in [0.25, 0.3) is 0 Å². The van der Waals surface area contributed by atoms with Gasteiger partial charge in [0.15, 0.2) is 0 Å². The van der Waals surface area contributed by atoms with Gasteiger partial charge in [0.1, 0.15) is 0 Å². The molecule has 1 saturated carbocycles. The van der Waals surface area contributed by atoms with E-state index in [0.29, 0.717) is 10.7 Å². The molecule has 3 N–H and O–H groups in total. The first-order chi connectivity index (χ1) is 11.6. The van der Waals surface area contributed by atoms with Crippen molar-refractivity contribution in [2.45, 2.75) is 18.3 Å². The Balaban J connectivity index is 1.69. The average molecular weight is 357 g/mol. The molecule has 1 fully saturated rings. The summed E-state index contributed by atoms with van der Waals surface area (Å²) < 4.78 is 0. The minimum atomic E-state index is -0.116. The molecule has 1 aliphatic carbocycles. The van der Waals surface area contributed by atoms with Crippen LogP contribution in [0.2, 0.25) is 5.02 Å². The first kappa shape index (κ1) is 15.6. The van der Waals surface area contributed by atoms with E-state index < -0.39 is 0 Å². The van der Waals surface area contributed by atoms with Crippen molar-refractivity contribution in [3.05, 3.63) is 58.7 Å². The number of rotatable bonds is 4. The molecule has 3 aromatic rings. The average Bonchev–Trinajstić information content (AvgIpc) is 3.25. The Bertz CT molecular complexity index is 902. The summed E-state index contributed by atoms with van der Waals surface area (Å²) in [6.45, 7) is 0.166. The summed E-state index contributed by atoms with van der Waals surface area (Å²) >= 11 is 7.98. The number of aromatic nitrogens is 1. The number of anilines is 1. The molecule has 0 unspecified atom stereocenters. The molecule has 2 heterocycles. The van der Waals surface area contributed by atoms with Gasteiger partial charge in [0.2, 0.25) is 0 Å². The molecule has 0 bridgehead atoms. The number of halogens is 1. The van der Waals surface area contributed by atoms with Crippen molar-refractivity contribution in [3.63, 3.8) is 0 Å². The van der Waals surface area contributed by atoms with Crippen LogP contribution in [0.15, 0.2) is 48.0 Å². The molecule has 1 aromatic carbocycles. The number of hydrogen-bond acceptors (Lipinski definition) is 4. The topological polar surface area (TPSA) is 59.1 Å². The van der Waals surface area contributed by atoms with Crippen molar-refractivity contribution in [2.24, 2.45) is 0 Å². The minimum Gasteiger partial charge on any atom is -0.399 e. The van der Waals surface area contributed by atoms with E-state index in [2.05, 4.69) is 22.5 Å². The maximum Gasteiger partial charge on any atom is 0.0543 e. The van der Waals surface area contributed by atoms with E-state index in [1.165, 1.54) is 0 Å². The molecule has 0 amide bonds. The predicted octanol–water partition coefficient (Wildman–Crippen LogP) is 4.74. The van der Waals surface area contributed by atoms with Crippen LogP contribution in [-0.4, -0.2) is 16.7 Å². The Kier molecular flexibility index (Phi) is 3.83. The standard InChI is InChI=1S/C19H17ClN2OS/c20-16-9-14(21)1-2-15(16)17-7-13(10-24-17)12-3-6-22-18(8-12)19(11-23)4-5-19/h1-3,6-10,23H,4-5,11,21H2. The second-order valence-corrected chi connectivity index (χ2v) is 7.63. The predicted molar refractivity (Wildman–Crippen MR) is 100 cm³/mol. The molecular formula is C19H17ClN2OS. The number of benzene rings is 1. The molecule has 0 atom stereocenters. The third-order valence-corrected chi connectivity index (χ3v) is 5.93. The van der Waals surface area contributed by atoms with Gasteiger partial charge in [0.05, 0.1) is 11.6 Å². The van der Waals surface area contributed by atoms with E-state index in [9.17, 15) is 5.11 Å². The Labute approximate surface area is 149 Å². The van der Waals surface area contributed by atoms with E-state index in [1.54, 1.807) is 17.4 Å². The van der Waals surface area contributed by atoms with Gasteiger partial charge < -0.3 is 10.8 Å². The molecule has 1 aliphatic rings. The zero-order valence-corrected chi connectivity index (χ0v) is 14.6. The fraction of sp³-hybridized carbons (Fsp3) is 0.211. The number of aliphatic hydroxyl groups excluding tert-OH is 1. The third kappa shape index (κ3) is 2.71. The Morgan fingerprint density at radius 2 is 2.00 bits per heavy atom. The highest BCUT2D eigenvalue weighted by molar-refractivity contribution is 7.14. The van der Waals surface area contributed by atoms with Crippen LogP contribution in [0.3, 0.4) is 0 Å². The van der Waals surface area contributed by atoms with E-state index in [0.717, 1.165) is 40.1 Å². The lowest BCUT2D eigenvalue weighted by molar-refractivity contribution is 0.252. The third-order valence-electron chi connectivity index (χ3n) is 4.65. The summed E-state index contributed by atoms with van der Waals surface area (Å²) in [7, 11) is 0. The Morgan fingerprint density at radius 3 is 2.71 bits per heavy atom. The summed E-state index contributed by atoms with van der Waals surface area (Å²) in [4.78, 5) is 5.58. The van der Waals surface area contributed by atoms with E-state index in [1.807, 2.05) is 24.4 Å². The van der Waals surface area contributed by atoms with Crippen molar-refractivity contribution in [1.29, 1.82) is 0 Å². The van der Waals surface area contributed by atoms with Crippen molar-refractivity contribution in [3.8, 4) is 21.6 Å². The number of thiophene rings is 1. The van der Waals surface area contributed by atoms with Crippen molar-refractivity contribution >= 4 is 28.6 Å². The highest BCUT2D eigenvalue weighted by Crippen LogP contribution is 2.47. The second-order valence-electron chi connectivity index (χ2n) is 6.31. The highest BCUT2D eigenvalue weighted by atomic mass is 35.5. The zero-order valence-electron chi connectivity index (χ0n) is 13.0. The monoisotopic (exact) mass is 356 g/mol. The molecule has 0 radical (unpaired) electrons. The molecule has 2 aromatic heterocycles. The molecule has 3 nitrogen and oxygen atoms in total. The van der Waals surface area contributed by atoms with Crippen LogP contribution in [0.1, 0.15) is 18.5 Å². The largest absolute Gasteiger partial charge is 0.399 e. The molecule has 0 aliphatic heterocycles. The summed E-state index contributed by atoms with van der Waals surface area (Å²) in [5.74, 6) is 0. The fourth-order valence-corrected chi connectivity index (χ4v) is 4.21. The van der Waals surface area contributed by atoms with Crippen LogP contribution in [0, 0.1) is 0 Å². The van der Waals surface area contributed by atoms with E-state index >= 15 is 0 Å². The molecule has 24 heavy (non-hydrogen) atoms. The van der Waals surface area contributed by atoms with Gasteiger partial charge >= 0.3 is 0 Å². The Hall–Kier alpha value is -1.88. The molecule has 0 spiro atoms. The van der Waals surface area contributed by atoms with Crippen LogP contribution >= 0.6 is 22.9 Å². The van der Waals surface area contributed by atoms with Gasteiger partial charge in [-0.1, -0.05) is 17.7 Å². The van der Waals surface area contributed by atoms with Gasteiger partial charge in [0, 0.05) is 33.4 Å². The summed E-state index contributed by atoms with van der Waals surface area (Å²) in [5, 5.41) is 12.4. The molecule has 0 saturated heterocycles. The Morgan fingerprint density at radius 1 is 1.17 bits per heavy atom. The number of aliphatic hydroxyl groups is 1. The van der Waals surface area contributed by atoms with Gasteiger partial charge in [-0.15, -0.1) is 11.3 Å². The van der Waals surface area contributed by atoms with Crippen LogP contribution in [0.4, 0.5) is 5.69 Å². The fourth-order valence-electron chi connectivity index (χ4n) is 2.91. The maximum absolute atomic E-state index is 9.61. The number of nitrogen functional groups attached to an aromatic ring is 1. The van der Waals surface area contributed by atoms with Crippen molar-refractivity contribution < 1.29 is 5.11 Å². The second kappa shape index (κ2) is 5.88. The number of hydrogen-bond donors (Lipinski definition) is 2. The van der Waals surface area contributed by atoms with Crippen molar-refractivity contribution in [1.82, 2.24) is 4.98 Å². The van der Waals surface area contributed by atoms with Crippen LogP contribution < -0.4 is 5.73 Å². The maximum atomic E-state index is 9.61. The molecular weight excluding hydrogens is 340 g/mol.